The van der Waals surface area contributed by atoms with E-state index in [1.807, 2.05) is 6.08 Å². The summed E-state index contributed by atoms with van der Waals surface area (Å²) in [5.41, 5.74) is 0. The van der Waals surface area contributed by atoms with Crippen molar-refractivity contribution in [2.45, 2.75) is 379 Å². The number of allylic oxidation sites excluding steroid dienone is 3. The van der Waals surface area contributed by atoms with Crippen LogP contribution in [0, 0.1) is 0 Å². The smallest absolute Gasteiger partial charge is 0.305 e. The van der Waals surface area contributed by atoms with Crippen molar-refractivity contribution in [2.24, 2.45) is 0 Å². The maximum atomic E-state index is 12.4. The van der Waals surface area contributed by atoms with E-state index in [0.717, 1.165) is 44.9 Å². The van der Waals surface area contributed by atoms with Crippen LogP contribution in [0.4, 0.5) is 0 Å². The average molecular weight is 1030 g/mol. The van der Waals surface area contributed by atoms with Crippen molar-refractivity contribution in [3.63, 3.8) is 0 Å². The minimum absolute atomic E-state index is 0.0121. The summed E-state index contributed by atoms with van der Waals surface area (Å²) >= 11 is 0. The summed E-state index contributed by atoms with van der Waals surface area (Å²) < 4.78 is 5.49. The second-order valence-corrected chi connectivity index (χ2v) is 22.8. The number of aliphatic hydroxyl groups excluding tert-OH is 2. The zero-order valence-corrected chi connectivity index (χ0v) is 49.4. The molecule has 0 heterocycles. The lowest BCUT2D eigenvalue weighted by Crippen LogP contribution is -2.45. The summed E-state index contributed by atoms with van der Waals surface area (Å²) in [5.74, 6) is -0.0523. The van der Waals surface area contributed by atoms with Gasteiger partial charge < -0.3 is 20.3 Å². The maximum absolute atomic E-state index is 12.4. The molecule has 0 fully saturated rings. The van der Waals surface area contributed by atoms with Crippen LogP contribution in [-0.2, 0) is 14.3 Å². The number of esters is 1. The molecular formula is C67H129NO5. The van der Waals surface area contributed by atoms with Gasteiger partial charge in [0.2, 0.25) is 5.91 Å². The van der Waals surface area contributed by atoms with Crippen molar-refractivity contribution < 1.29 is 24.5 Å². The second-order valence-electron chi connectivity index (χ2n) is 22.8. The molecule has 0 aromatic carbocycles. The van der Waals surface area contributed by atoms with Crippen LogP contribution in [0.2, 0.25) is 0 Å². The Morgan fingerprint density at radius 3 is 0.973 bits per heavy atom. The van der Waals surface area contributed by atoms with Crippen LogP contribution in [0.15, 0.2) is 24.3 Å². The minimum atomic E-state index is -0.840. The molecule has 6 heteroatoms. The van der Waals surface area contributed by atoms with Gasteiger partial charge in [-0.05, 0) is 57.8 Å². The maximum Gasteiger partial charge on any atom is 0.305 e. The Morgan fingerprint density at radius 2 is 0.644 bits per heavy atom. The molecule has 0 aliphatic heterocycles. The van der Waals surface area contributed by atoms with E-state index >= 15 is 0 Å². The third kappa shape index (κ3) is 59.4. The van der Waals surface area contributed by atoms with Crippen LogP contribution >= 0.6 is 0 Å². The molecule has 0 aliphatic carbocycles. The Kier molecular flexibility index (Phi) is 61.4. The first-order chi connectivity index (χ1) is 36.0. The summed E-state index contributed by atoms with van der Waals surface area (Å²) in [6.45, 7) is 4.91. The molecule has 0 spiro atoms. The van der Waals surface area contributed by atoms with Crippen molar-refractivity contribution in [2.75, 3.05) is 13.2 Å². The van der Waals surface area contributed by atoms with Gasteiger partial charge in [0.25, 0.3) is 0 Å². The topological polar surface area (TPSA) is 95.9 Å². The highest BCUT2D eigenvalue weighted by Crippen LogP contribution is 2.18. The Morgan fingerprint density at radius 1 is 0.370 bits per heavy atom. The second kappa shape index (κ2) is 62.9. The number of hydrogen-bond donors (Lipinski definition) is 3. The van der Waals surface area contributed by atoms with Gasteiger partial charge in [0, 0.05) is 12.8 Å². The van der Waals surface area contributed by atoms with Crippen molar-refractivity contribution in [1.29, 1.82) is 0 Å². The van der Waals surface area contributed by atoms with Crippen LogP contribution in [-0.4, -0.2) is 47.4 Å². The third-order valence-electron chi connectivity index (χ3n) is 15.5. The molecule has 0 radical (unpaired) electrons. The van der Waals surface area contributed by atoms with Gasteiger partial charge in [-0.15, -0.1) is 0 Å². The number of rotatable bonds is 62. The monoisotopic (exact) mass is 1030 g/mol. The third-order valence-corrected chi connectivity index (χ3v) is 15.5. The molecule has 0 rings (SSSR count). The number of nitrogens with one attached hydrogen (secondary N) is 1. The normalized spacial score (nSPS) is 12.7. The first kappa shape index (κ1) is 71.3. The molecule has 0 aliphatic rings. The molecule has 73 heavy (non-hydrogen) atoms. The number of amides is 1. The van der Waals surface area contributed by atoms with Crippen molar-refractivity contribution in [1.82, 2.24) is 5.32 Å². The van der Waals surface area contributed by atoms with Gasteiger partial charge in [-0.25, -0.2) is 0 Å². The zero-order valence-electron chi connectivity index (χ0n) is 49.4. The predicted molar refractivity (Wildman–Crippen MR) is 320 cm³/mol. The SMILES string of the molecule is CCCCCCCCC/C=C\CCCCCCCC(=O)OCCCCCCCCCCCCCCCCCCCCCCCCCCCCCCCC(=O)NC(CO)C(O)/C=C/CCCCCCCCCCC. The highest BCUT2D eigenvalue weighted by Gasteiger charge is 2.18. The van der Waals surface area contributed by atoms with E-state index in [9.17, 15) is 19.8 Å². The van der Waals surface area contributed by atoms with Crippen LogP contribution in [0.3, 0.4) is 0 Å². The lowest BCUT2D eigenvalue weighted by Gasteiger charge is -2.20. The van der Waals surface area contributed by atoms with E-state index in [2.05, 4.69) is 31.3 Å². The fourth-order valence-corrected chi connectivity index (χ4v) is 10.4. The lowest BCUT2D eigenvalue weighted by atomic mass is 10.0. The summed E-state index contributed by atoms with van der Waals surface area (Å²) in [6.07, 6.45) is 78.2. The van der Waals surface area contributed by atoms with E-state index in [1.165, 1.54) is 295 Å². The van der Waals surface area contributed by atoms with Crippen LogP contribution in [0.1, 0.15) is 367 Å². The van der Waals surface area contributed by atoms with E-state index in [4.69, 9.17) is 4.74 Å². The Hall–Kier alpha value is -1.66. The molecule has 3 N–H and O–H groups in total. The van der Waals surface area contributed by atoms with E-state index in [1.54, 1.807) is 6.08 Å². The molecule has 2 atom stereocenters. The molecular weight excluding hydrogens is 899 g/mol. The van der Waals surface area contributed by atoms with E-state index < -0.39 is 12.1 Å². The highest BCUT2D eigenvalue weighted by molar-refractivity contribution is 5.76. The summed E-state index contributed by atoms with van der Waals surface area (Å²) in [4.78, 5) is 24.5. The van der Waals surface area contributed by atoms with Gasteiger partial charge in [-0.1, -0.05) is 321 Å². The number of carbonyl (C=O) groups is 2. The number of hydrogen-bond acceptors (Lipinski definition) is 5. The number of carbonyl (C=O) groups excluding carboxylic acids is 2. The Balaban J connectivity index is 3.32. The van der Waals surface area contributed by atoms with Crippen molar-refractivity contribution in [3.8, 4) is 0 Å². The predicted octanol–water partition coefficient (Wildman–Crippen LogP) is 21.0. The fraction of sp³-hybridized carbons (Fsp3) is 0.910. The quantitative estimate of drug-likeness (QED) is 0.0320. The Bertz CT molecular complexity index is 1140. The van der Waals surface area contributed by atoms with E-state index in [0.29, 0.717) is 19.4 Å². The largest absolute Gasteiger partial charge is 0.466 e. The molecule has 0 aromatic heterocycles. The number of ether oxygens (including phenoxy) is 1. The molecule has 0 saturated heterocycles. The molecule has 0 saturated carbocycles. The number of unbranched alkanes of at least 4 members (excludes halogenated alkanes) is 49. The van der Waals surface area contributed by atoms with Gasteiger partial charge in [-0.3, -0.25) is 9.59 Å². The summed E-state index contributed by atoms with van der Waals surface area (Å²) in [6, 6.07) is -0.623. The molecule has 1 amide bonds. The molecule has 0 bridgehead atoms. The van der Waals surface area contributed by atoms with Gasteiger partial charge in [0.15, 0.2) is 0 Å². The van der Waals surface area contributed by atoms with Crippen molar-refractivity contribution >= 4 is 11.9 Å². The van der Waals surface area contributed by atoms with Crippen LogP contribution in [0.5, 0.6) is 0 Å². The average Bonchev–Trinajstić information content (AvgIpc) is 3.39. The summed E-state index contributed by atoms with van der Waals surface area (Å²) in [7, 11) is 0. The van der Waals surface area contributed by atoms with Crippen molar-refractivity contribution in [3.05, 3.63) is 24.3 Å². The Labute approximate surface area is 456 Å². The van der Waals surface area contributed by atoms with Crippen LogP contribution in [0.25, 0.3) is 0 Å². The lowest BCUT2D eigenvalue weighted by molar-refractivity contribution is -0.143. The van der Waals surface area contributed by atoms with E-state index in [-0.39, 0.29) is 18.5 Å². The standard InChI is InChI=1S/C67H129NO5/c1-3-5-7-9-11-13-15-16-17-34-37-41-45-49-53-57-61-67(72)73-62-58-54-50-46-42-38-35-32-30-28-26-24-22-20-18-19-21-23-25-27-29-31-33-36-40-44-48-52-56-60-66(71)68-64(63-69)65(70)59-55-51-47-43-39-14-12-10-8-6-4-2/h17,34,55,59,64-65,69-70H,3-16,18-33,35-54,56-58,60-63H2,1-2H3,(H,68,71)/b34-17-,59-55+. The number of aliphatic hydroxyl groups is 2. The molecule has 6 nitrogen and oxygen atoms in total. The van der Waals surface area contributed by atoms with Gasteiger partial charge in [-0.2, -0.15) is 0 Å². The molecule has 432 valence electrons. The first-order valence-corrected chi connectivity index (χ1v) is 33.1. The van der Waals surface area contributed by atoms with Gasteiger partial charge in [0.1, 0.15) is 0 Å². The summed E-state index contributed by atoms with van der Waals surface area (Å²) in [5, 5.41) is 23.0. The van der Waals surface area contributed by atoms with Crippen LogP contribution < -0.4 is 5.32 Å². The first-order valence-electron chi connectivity index (χ1n) is 33.1. The van der Waals surface area contributed by atoms with Gasteiger partial charge in [0.05, 0.1) is 25.4 Å². The van der Waals surface area contributed by atoms with Gasteiger partial charge >= 0.3 is 5.97 Å². The molecule has 2 unspecified atom stereocenters. The highest BCUT2D eigenvalue weighted by atomic mass is 16.5. The zero-order chi connectivity index (χ0) is 52.9. The minimum Gasteiger partial charge on any atom is -0.466 e. The molecule has 0 aromatic rings. The fourth-order valence-electron chi connectivity index (χ4n) is 10.4.